The van der Waals surface area contributed by atoms with E-state index in [0.29, 0.717) is 0 Å². The summed E-state index contributed by atoms with van der Waals surface area (Å²) in [6.45, 7) is 1.32. The molecule has 0 aliphatic rings. The fraction of sp³-hybridized carbons (Fsp3) is 0.263. The van der Waals surface area contributed by atoms with Gasteiger partial charge in [-0.2, -0.15) is 4.72 Å². The molecular formula is C19H20Cl2N2O7S. The Hall–Kier alpha value is -2.53. The van der Waals surface area contributed by atoms with E-state index in [-0.39, 0.29) is 37.7 Å². The zero-order valence-electron chi connectivity index (χ0n) is 17.0. The number of anilines is 1. The first kappa shape index (κ1) is 24.7. The predicted octanol–water partition coefficient (Wildman–Crippen LogP) is 3.10. The van der Waals surface area contributed by atoms with Crippen LogP contribution in [0.5, 0.6) is 11.5 Å². The van der Waals surface area contributed by atoms with Crippen LogP contribution in [0.25, 0.3) is 0 Å². The lowest BCUT2D eigenvalue weighted by molar-refractivity contribution is -0.117. The maximum atomic E-state index is 12.7. The van der Waals surface area contributed by atoms with Gasteiger partial charge in [0, 0.05) is 17.2 Å². The fourth-order valence-corrected chi connectivity index (χ4v) is 4.50. The van der Waals surface area contributed by atoms with Gasteiger partial charge in [0.2, 0.25) is 15.9 Å². The van der Waals surface area contributed by atoms with E-state index in [4.69, 9.17) is 37.4 Å². The Labute approximate surface area is 189 Å². The molecule has 2 N–H and O–H groups in total. The van der Waals surface area contributed by atoms with E-state index >= 15 is 0 Å². The monoisotopic (exact) mass is 490 g/mol. The number of carbonyl (C=O) groups is 2. The summed E-state index contributed by atoms with van der Waals surface area (Å²) in [4.78, 5) is 24.5. The van der Waals surface area contributed by atoms with Crippen molar-refractivity contribution in [1.29, 1.82) is 0 Å². The van der Waals surface area contributed by atoms with E-state index in [2.05, 4.69) is 10.0 Å². The summed E-state index contributed by atoms with van der Waals surface area (Å²) in [6, 6.07) is 5.39. The molecule has 168 valence electrons. The number of esters is 1. The maximum absolute atomic E-state index is 12.7. The number of hydrogen-bond donors (Lipinski definition) is 2. The lowest BCUT2D eigenvalue weighted by Gasteiger charge is -2.18. The number of amides is 1. The highest BCUT2D eigenvalue weighted by Gasteiger charge is 2.26. The number of rotatable bonds is 8. The summed E-state index contributed by atoms with van der Waals surface area (Å²) >= 11 is 11.8. The first-order chi connectivity index (χ1) is 14.5. The molecule has 2 aromatic carbocycles. The van der Waals surface area contributed by atoms with Crippen LogP contribution in [0.15, 0.2) is 35.2 Å². The minimum absolute atomic E-state index is 0.0126. The van der Waals surface area contributed by atoms with Gasteiger partial charge >= 0.3 is 5.97 Å². The van der Waals surface area contributed by atoms with E-state index in [1.807, 2.05) is 0 Å². The quantitative estimate of drug-likeness (QED) is 0.545. The van der Waals surface area contributed by atoms with Crippen molar-refractivity contribution in [3.05, 3.63) is 45.9 Å². The lowest BCUT2D eigenvalue weighted by atomic mass is 10.1. The maximum Gasteiger partial charge on any atom is 0.340 e. The van der Waals surface area contributed by atoms with Gasteiger partial charge in [0.1, 0.15) is 4.90 Å². The minimum atomic E-state index is -4.17. The predicted molar refractivity (Wildman–Crippen MR) is 116 cm³/mol. The second-order valence-corrected chi connectivity index (χ2v) is 8.68. The average Bonchev–Trinajstić information content (AvgIpc) is 2.73. The van der Waals surface area contributed by atoms with Crippen molar-refractivity contribution in [3.8, 4) is 11.5 Å². The SMILES string of the molecule is COC(=O)c1cc(OC)c(OC)cc1NC(=O)[C@@H](C)NS(=O)(=O)c1cc(Cl)ccc1Cl. The molecule has 0 bridgehead atoms. The van der Waals surface area contributed by atoms with Gasteiger partial charge in [0.15, 0.2) is 11.5 Å². The summed E-state index contributed by atoms with van der Waals surface area (Å²) in [7, 11) is -0.226. The molecule has 0 fully saturated rings. The average molecular weight is 491 g/mol. The zero-order valence-corrected chi connectivity index (χ0v) is 19.3. The number of carbonyl (C=O) groups excluding carboxylic acids is 2. The van der Waals surface area contributed by atoms with E-state index in [1.54, 1.807) is 0 Å². The Morgan fingerprint density at radius 1 is 1.00 bits per heavy atom. The molecule has 1 amide bonds. The third-order valence-electron chi connectivity index (χ3n) is 4.09. The molecule has 0 aliphatic carbocycles. The van der Waals surface area contributed by atoms with Crippen LogP contribution in [0.1, 0.15) is 17.3 Å². The standard InChI is InChI=1S/C19H20Cl2N2O7S/c1-10(23-31(26,27)17-7-11(20)5-6-13(17)21)18(24)22-14-9-16(29-3)15(28-2)8-12(14)19(25)30-4/h5-10,23H,1-4H3,(H,22,24)/t10-/m1/s1. The molecule has 0 unspecified atom stereocenters. The molecular weight excluding hydrogens is 471 g/mol. The Kier molecular flexibility index (Phi) is 8.13. The summed E-state index contributed by atoms with van der Waals surface area (Å²) in [5.41, 5.74) is 0.0304. The fourth-order valence-electron chi connectivity index (χ4n) is 2.54. The summed E-state index contributed by atoms with van der Waals surface area (Å²) in [5.74, 6) is -1.01. The van der Waals surface area contributed by atoms with Crippen molar-refractivity contribution in [3.63, 3.8) is 0 Å². The van der Waals surface area contributed by atoms with Crippen LogP contribution in [0.3, 0.4) is 0 Å². The second kappa shape index (κ2) is 10.2. The normalized spacial score (nSPS) is 12.1. The molecule has 2 rings (SSSR count). The Bertz CT molecular complexity index is 1110. The van der Waals surface area contributed by atoms with Crippen molar-refractivity contribution < 1.29 is 32.2 Å². The summed E-state index contributed by atoms with van der Waals surface area (Å²) in [6.07, 6.45) is 0. The number of methoxy groups -OCH3 is 3. The van der Waals surface area contributed by atoms with Crippen molar-refractivity contribution in [2.24, 2.45) is 0 Å². The first-order valence-corrected chi connectivity index (χ1v) is 10.9. The van der Waals surface area contributed by atoms with Gasteiger partial charge < -0.3 is 19.5 Å². The topological polar surface area (TPSA) is 120 Å². The van der Waals surface area contributed by atoms with Crippen molar-refractivity contribution >= 4 is 50.8 Å². The molecule has 0 saturated heterocycles. The third kappa shape index (κ3) is 5.79. The van der Waals surface area contributed by atoms with Gasteiger partial charge in [-0.15, -0.1) is 0 Å². The van der Waals surface area contributed by atoms with Crippen LogP contribution in [0, 0.1) is 0 Å². The molecule has 0 saturated carbocycles. The Morgan fingerprint density at radius 2 is 1.61 bits per heavy atom. The molecule has 0 radical (unpaired) electrons. The second-order valence-electron chi connectivity index (χ2n) is 6.15. The molecule has 31 heavy (non-hydrogen) atoms. The largest absolute Gasteiger partial charge is 0.493 e. The molecule has 2 aromatic rings. The highest BCUT2D eigenvalue weighted by atomic mass is 35.5. The van der Waals surface area contributed by atoms with Gasteiger partial charge in [0.25, 0.3) is 0 Å². The van der Waals surface area contributed by atoms with Crippen LogP contribution >= 0.6 is 23.2 Å². The van der Waals surface area contributed by atoms with Gasteiger partial charge in [-0.25, -0.2) is 13.2 Å². The minimum Gasteiger partial charge on any atom is -0.493 e. The number of hydrogen-bond acceptors (Lipinski definition) is 7. The van der Waals surface area contributed by atoms with Crippen LogP contribution < -0.4 is 19.5 Å². The van der Waals surface area contributed by atoms with Gasteiger partial charge in [0.05, 0.1) is 43.6 Å². The van der Waals surface area contributed by atoms with Crippen molar-refractivity contribution in [1.82, 2.24) is 4.72 Å². The summed E-state index contributed by atoms with van der Waals surface area (Å²) < 4.78 is 42.6. The number of ether oxygens (including phenoxy) is 3. The van der Waals surface area contributed by atoms with E-state index in [0.717, 1.165) is 0 Å². The van der Waals surface area contributed by atoms with E-state index in [9.17, 15) is 18.0 Å². The van der Waals surface area contributed by atoms with Gasteiger partial charge in [-0.05, 0) is 25.1 Å². The van der Waals surface area contributed by atoms with Crippen LogP contribution in [-0.4, -0.2) is 47.7 Å². The first-order valence-electron chi connectivity index (χ1n) is 8.66. The highest BCUT2D eigenvalue weighted by Crippen LogP contribution is 2.34. The van der Waals surface area contributed by atoms with E-state index in [1.165, 1.54) is 58.6 Å². The molecule has 0 aliphatic heterocycles. The van der Waals surface area contributed by atoms with Gasteiger partial charge in [-0.1, -0.05) is 23.2 Å². The highest BCUT2D eigenvalue weighted by molar-refractivity contribution is 7.89. The Balaban J connectivity index is 2.32. The molecule has 9 nitrogen and oxygen atoms in total. The molecule has 0 heterocycles. The lowest BCUT2D eigenvalue weighted by Crippen LogP contribution is -2.41. The zero-order chi connectivity index (χ0) is 23.3. The van der Waals surface area contributed by atoms with Crippen LogP contribution in [0.2, 0.25) is 10.0 Å². The number of halogens is 2. The van der Waals surface area contributed by atoms with E-state index < -0.39 is 27.9 Å². The smallest absolute Gasteiger partial charge is 0.340 e. The van der Waals surface area contributed by atoms with Crippen LogP contribution in [-0.2, 0) is 19.6 Å². The van der Waals surface area contributed by atoms with Crippen molar-refractivity contribution in [2.45, 2.75) is 17.9 Å². The number of benzene rings is 2. The molecule has 0 spiro atoms. The third-order valence-corrected chi connectivity index (χ3v) is 6.35. The molecule has 12 heteroatoms. The number of sulfonamides is 1. The van der Waals surface area contributed by atoms with Gasteiger partial charge in [-0.3, -0.25) is 4.79 Å². The van der Waals surface area contributed by atoms with Crippen molar-refractivity contribution in [2.75, 3.05) is 26.6 Å². The number of nitrogens with one attached hydrogen (secondary N) is 2. The molecule has 0 aromatic heterocycles. The Morgan fingerprint density at radius 3 is 2.19 bits per heavy atom. The summed E-state index contributed by atoms with van der Waals surface area (Å²) in [5, 5.41) is 2.59. The van der Waals surface area contributed by atoms with Crippen LogP contribution in [0.4, 0.5) is 5.69 Å². The molecule has 1 atom stereocenters.